The van der Waals surface area contributed by atoms with Crippen LogP contribution in [0, 0.1) is 0 Å². The van der Waals surface area contributed by atoms with E-state index in [0.29, 0.717) is 29.8 Å². The maximum atomic E-state index is 10.7. The summed E-state index contributed by atoms with van der Waals surface area (Å²) < 4.78 is 11.1. The molecule has 0 aliphatic rings. The first-order valence-corrected chi connectivity index (χ1v) is 9.71. The van der Waals surface area contributed by atoms with Crippen LogP contribution >= 0.6 is 11.6 Å². The SMILES string of the molecule is CN=C(NCCc1ccc(OCC(N)=O)cc1)NCC(C)Oc1ccc(Cl)cc1. The summed E-state index contributed by atoms with van der Waals surface area (Å²) in [6, 6.07) is 14.8. The molecule has 1 unspecified atom stereocenters. The molecule has 2 aromatic rings. The number of nitrogens with two attached hydrogens (primary N) is 1. The first-order valence-electron chi connectivity index (χ1n) is 9.33. The molecule has 1 amide bonds. The molecule has 29 heavy (non-hydrogen) atoms. The number of ether oxygens (including phenoxy) is 2. The van der Waals surface area contributed by atoms with E-state index in [9.17, 15) is 4.79 Å². The third kappa shape index (κ3) is 8.74. The van der Waals surface area contributed by atoms with Gasteiger partial charge in [0.1, 0.15) is 17.6 Å². The highest BCUT2D eigenvalue weighted by Crippen LogP contribution is 2.16. The van der Waals surface area contributed by atoms with Crippen LogP contribution in [0.2, 0.25) is 5.02 Å². The molecule has 0 aliphatic heterocycles. The van der Waals surface area contributed by atoms with Crippen molar-refractivity contribution in [2.24, 2.45) is 10.7 Å². The van der Waals surface area contributed by atoms with Gasteiger partial charge in [0.2, 0.25) is 0 Å². The minimum Gasteiger partial charge on any atom is -0.489 e. The highest BCUT2D eigenvalue weighted by atomic mass is 35.5. The van der Waals surface area contributed by atoms with E-state index >= 15 is 0 Å². The fourth-order valence-electron chi connectivity index (χ4n) is 2.48. The molecule has 2 rings (SSSR count). The third-order valence-electron chi connectivity index (χ3n) is 3.94. The second kappa shape index (κ2) is 11.8. The molecule has 1 atom stereocenters. The Balaban J connectivity index is 1.69. The van der Waals surface area contributed by atoms with Gasteiger partial charge in [0.05, 0.1) is 6.54 Å². The summed E-state index contributed by atoms with van der Waals surface area (Å²) >= 11 is 5.88. The van der Waals surface area contributed by atoms with Crippen molar-refractivity contribution in [2.45, 2.75) is 19.4 Å². The predicted octanol–water partition coefficient (Wildman–Crippen LogP) is 2.38. The zero-order valence-corrected chi connectivity index (χ0v) is 17.4. The van der Waals surface area contributed by atoms with Crippen LogP contribution in [0.15, 0.2) is 53.5 Å². The number of nitrogens with one attached hydrogen (secondary N) is 2. The summed E-state index contributed by atoms with van der Waals surface area (Å²) in [4.78, 5) is 15.0. The van der Waals surface area contributed by atoms with Gasteiger partial charge in [-0.25, -0.2) is 0 Å². The Bertz CT molecular complexity index is 795. The Morgan fingerprint density at radius 1 is 1.10 bits per heavy atom. The van der Waals surface area contributed by atoms with Gasteiger partial charge in [-0.15, -0.1) is 0 Å². The summed E-state index contributed by atoms with van der Waals surface area (Å²) in [6.07, 6.45) is 0.774. The molecular formula is C21H27ClN4O3. The maximum Gasteiger partial charge on any atom is 0.255 e. The fraction of sp³-hybridized carbons (Fsp3) is 0.333. The molecule has 0 bridgehead atoms. The molecular weight excluding hydrogens is 392 g/mol. The molecule has 0 heterocycles. The molecule has 2 aromatic carbocycles. The number of amides is 1. The van der Waals surface area contributed by atoms with Crippen molar-refractivity contribution in [2.75, 3.05) is 26.7 Å². The highest BCUT2D eigenvalue weighted by Gasteiger charge is 2.06. The lowest BCUT2D eigenvalue weighted by atomic mass is 10.1. The average molecular weight is 419 g/mol. The van der Waals surface area contributed by atoms with E-state index in [0.717, 1.165) is 17.7 Å². The summed E-state index contributed by atoms with van der Waals surface area (Å²) in [5.74, 6) is 1.60. The predicted molar refractivity (Wildman–Crippen MR) is 116 cm³/mol. The van der Waals surface area contributed by atoms with E-state index in [4.69, 9.17) is 26.8 Å². The van der Waals surface area contributed by atoms with Crippen molar-refractivity contribution in [1.82, 2.24) is 10.6 Å². The van der Waals surface area contributed by atoms with Crippen LogP contribution in [0.3, 0.4) is 0 Å². The number of benzene rings is 2. The van der Waals surface area contributed by atoms with Crippen LogP contribution < -0.4 is 25.8 Å². The van der Waals surface area contributed by atoms with Gasteiger partial charge in [0, 0.05) is 18.6 Å². The van der Waals surface area contributed by atoms with Gasteiger partial charge >= 0.3 is 0 Å². The summed E-state index contributed by atoms with van der Waals surface area (Å²) in [7, 11) is 1.73. The van der Waals surface area contributed by atoms with E-state index in [-0.39, 0.29) is 12.7 Å². The minimum atomic E-state index is -0.495. The zero-order valence-electron chi connectivity index (χ0n) is 16.7. The lowest BCUT2D eigenvalue weighted by Gasteiger charge is -2.18. The van der Waals surface area contributed by atoms with Crippen LogP contribution in [0.4, 0.5) is 0 Å². The van der Waals surface area contributed by atoms with Crippen molar-refractivity contribution < 1.29 is 14.3 Å². The number of hydrogen-bond donors (Lipinski definition) is 3. The van der Waals surface area contributed by atoms with Crippen molar-refractivity contribution in [3.8, 4) is 11.5 Å². The Kier molecular flexibility index (Phi) is 9.11. The van der Waals surface area contributed by atoms with Crippen molar-refractivity contribution in [3.63, 3.8) is 0 Å². The average Bonchev–Trinajstić information content (AvgIpc) is 2.71. The van der Waals surface area contributed by atoms with E-state index in [1.165, 1.54) is 0 Å². The molecule has 156 valence electrons. The number of rotatable bonds is 10. The summed E-state index contributed by atoms with van der Waals surface area (Å²) in [6.45, 7) is 3.18. The van der Waals surface area contributed by atoms with Crippen LogP contribution in [-0.4, -0.2) is 44.7 Å². The van der Waals surface area contributed by atoms with Crippen molar-refractivity contribution in [1.29, 1.82) is 0 Å². The lowest BCUT2D eigenvalue weighted by Crippen LogP contribution is -2.42. The van der Waals surface area contributed by atoms with Gasteiger partial charge in [0.15, 0.2) is 12.6 Å². The summed E-state index contributed by atoms with van der Waals surface area (Å²) in [5.41, 5.74) is 6.20. The summed E-state index contributed by atoms with van der Waals surface area (Å²) in [5, 5.41) is 7.20. The molecule has 0 saturated carbocycles. The normalized spacial score (nSPS) is 12.2. The molecule has 0 spiro atoms. The maximum absolute atomic E-state index is 10.7. The second-order valence-corrected chi connectivity index (χ2v) is 6.85. The van der Waals surface area contributed by atoms with Crippen LogP contribution in [0.1, 0.15) is 12.5 Å². The topological polar surface area (TPSA) is 98.0 Å². The Labute approximate surface area is 176 Å². The number of primary amides is 1. The molecule has 4 N–H and O–H groups in total. The number of guanidine groups is 1. The van der Waals surface area contributed by atoms with E-state index in [1.54, 1.807) is 19.2 Å². The largest absolute Gasteiger partial charge is 0.489 e. The van der Waals surface area contributed by atoms with E-state index in [1.807, 2.05) is 43.3 Å². The third-order valence-corrected chi connectivity index (χ3v) is 4.19. The first-order chi connectivity index (χ1) is 14.0. The van der Waals surface area contributed by atoms with Gasteiger partial charge in [-0.05, 0) is 55.3 Å². The lowest BCUT2D eigenvalue weighted by molar-refractivity contribution is -0.119. The Morgan fingerprint density at radius 3 is 2.38 bits per heavy atom. The van der Waals surface area contributed by atoms with Gasteiger partial charge in [-0.1, -0.05) is 23.7 Å². The number of carbonyl (C=O) groups is 1. The molecule has 0 radical (unpaired) electrons. The van der Waals surface area contributed by atoms with Crippen molar-refractivity contribution in [3.05, 3.63) is 59.1 Å². The minimum absolute atomic E-state index is 0.0392. The van der Waals surface area contributed by atoms with Gasteiger partial charge < -0.3 is 25.8 Å². The quantitative estimate of drug-likeness (QED) is 0.406. The first kappa shape index (κ1) is 22.4. The monoisotopic (exact) mass is 418 g/mol. The van der Waals surface area contributed by atoms with Crippen LogP contribution in [-0.2, 0) is 11.2 Å². The standard InChI is InChI=1S/C21H27ClN4O3/c1-15(29-19-9-5-17(22)6-10-19)13-26-21(24-2)25-12-11-16-3-7-18(8-4-16)28-14-20(23)27/h3-10,15H,11-14H2,1-2H3,(H2,23,27)(H2,24,25,26). The smallest absolute Gasteiger partial charge is 0.255 e. The van der Waals surface area contributed by atoms with E-state index < -0.39 is 5.91 Å². The van der Waals surface area contributed by atoms with Crippen LogP contribution in [0.5, 0.6) is 11.5 Å². The molecule has 7 nitrogen and oxygen atoms in total. The number of halogens is 1. The second-order valence-electron chi connectivity index (χ2n) is 6.41. The number of hydrogen-bond acceptors (Lipinski definition) is 4. The molecule has 0 aliphatic carbocycles. The molecule has 0 aromatic heterocycles. The molecule has 0 fully saturated rings. The number of aliphatic imine (C=N–C) groups is 1. The number of carbonyl (C=O) groups excluding carboxylic acids is 1. The van der Waals surface area contributed by atoms with E-state index in [2.05, 4.69) is 15.6 Å². The fourth-order valence-corrected chi connectivity index (χ4v) is 2.61. The molecule has 0 saturated heterocycles. The van der Waals surface area contributed by atoms with Crippen molar-refractivity contribution >= 4 is 23.5 Å². The zero-order chi connectivity index (χ0) is 21.1. The van der Waals surface area contributed by atoms with Crippen LogP contribution in [0.25, 0.3) is 0 Å². The highest BCUT2D eigenvalue weighted by molar-refractivity contribution is 6.30. The Hall–Kier alpha value is -2.93. The van der Waals surface area contributed by atoms with Gasteiger partial charge in [-0.3, -0.25) is 9.79 Å². The van der Waals surface area contributed by atoms with Gasteiger partial charge in [-0.2, -0.15) is 0 Å². The Morgan fingerprint density at radius 2 is 1.76 bits per heavy atom. The number of nitrogens with zero attached hydrogens (tertiary/aromatic N) is 1. The van der Waals surface area contributed by atoms with Gasteiger partial charge in [0.25, 0.3) is 5.91 Å². The molecule has 8 heteroatoms.